The van der Waals surface area contributed by atoms with Crippen molar-refractivity contribution in [2.24, 2.45) is 0 Å². The third-order valence-electron chi connectivity index (χ3n) is 4.77. The number of carbonyl (C=O) groups is 1. The molecular weight excluding hydrogens is 312 g/mol. The first-order valence-electron chi connectivity index (χ1n) is 8.49. The number of aromatic nitrogens is 3. The molecule has 0 atom stereocenters. The van der Waals surface area contributed by atoms with Crippen LogP contribution in [0.5, 0.6) is 0 Å². The Morgan fingerprint density at radius 2 is 1.84 bits per heavy atom. The fourth-order valence-electron chi connectivity index (χ4n) is 3.07. The summed E-state index contributed by atoms with van der Waals surface area (Å²) in [6.45, 7) is 2.40. The van der Waals surface area contributed by atoms with Crippen molar-refractivity contribution in [2.75, 3.05) is 0 Å². The molecule has 1 aromatic heterocycles. The van der Waals surface area contributed by atoms with E-state index in [1.54, 1.807) is 0 Å². The summed E-state index contributed by atoms with van der Waals surface area (Å²) in [6, 6.07) is 18.0. The monoisotopic (exact) mass is 332 g/mol. The molecule has 0 saturated heterocycles. The lowest BCUT2D eigenvalue weighted by Crippen LogP contribution is -2.34. The highest BCUT2D eigenvalue weighted by Crippen LogP contribution is 2.48. The second-order valence-electron chi connectivity index (χ2n) is 6.60. The maximum atomic E-state index is 12.6. The van der Waals surface area contributed by atoms with Gasteiger partial charge in [-0.3, -0.25) is 9.89 Å². The number of nitrogens with one attached hydrogen (secondary N) is 2. The van der Waals surface area contributed by atoms with Crippen LogP contribution in [0.15, 0.2) is 54.6 Å². The zero-order valence-corrected chi connectivity index (χ0v) is 14.1. The summed E-state index contributed by atoms with van der Waals surface area (Å²) in [7, 11) is 0. The Bertz CT molecular complexity index is 880. The van der Waals surface area contributed by atoms with Gasteiger partial charge in [-0.25, -0.2) is 4.98 Å². The van der Waals surface area contributed by atoms with Gasteiger partial charge in [0, 0.05) is 5.56 Å². The summed E-state index contributed by atoms with van der Waals surface area (Å²) in [5.74, 6) is 1.37. The van der Waals surface area contributed by atoms with Gasteiger partial charge in [0.15, 0.2) is 5.82 Å². The lowest BCUT2D eigenvalue weighted by atomic mass is 9.95. The topological polar surface area (TPSA) is 70.7 Å². The quantitative estimate of drug-likeness (QED) is 0.754. The standard InChI is InChI=1S/C20H20N4O/c1-14-7-9-15(10-8-14)18-22-17(23-24-18)13-21-19(25)20(11-12-20)16-5-3-2-4-6-16/h2-10H,11-13H2,1H3,(H,21,25)(H,22,23,24). The van der Waals surface area contributed by atoms with Crippen molar-refractivity contribution in [3.63, 3.8) is 0 Å². The van der Waals surface area contributed by atoms with E-state index in [9.17, 15) is 4.79 Å². The molecule has 0 aliphatic heterocycles. The van der Waals surface area contributed by atoms with Gasteiger partial charge in [0.1, 0.15) is 5.82 Å². The lowest BCUT2D eigenvalue weighted by Gasteiger charge is -2.14. The summed E-state index contributed by atoms with van der Waals surface area (Å²) in [5.41, 5.74) is 2.89. The summed E-state index contributed by atoms with van der Waals surface area (Å²) >= 11 is 0. The number of benzene rings is 2. The normalized spacial score (nSPS) is 14.9. The lowest BCUT2D eigenvalue weighted by molar-refractivity contribution is -0.123. The Kier molecular flexibility index (Phi) is 3.84. The number of hydrogen-bond donors (Lipinski definition) is 2. The zero-order chi connectivity index (χ0) is 17.3. The Labute approximate surface area is 146 Å². The average molecular weight is 332 g/mol. The van der Waals surface area contributed by atoms with E-state index in [-0.39, 0.29) is 11.3 Å². The molecule has 1 aliphatic rings. The molecule has 1 saturated carbocycles. The van der Waals surface area contributed by atoms with E-state index in [2.05, 4.69) is 20.5 Å². The summed E-state index contributed by atoms with van der Waals surface area (Å²) in [6.07, 6.45) is 1.79. The Morgan fingerprint density at radius 3 is 2.52 bits per heavy atom. The van der Waals surface area contributed by atoms with E-state index >= 15 is 0 Å². The fourth-order valence-corrected chi connectivity index (χ4v) is 3.07. The molecule has 0 radical (unpaired) electrons. The number of aromatic amines is 1. The van der Waals surface area contributed by atoms with Gasteiger partial charge in [-0.2, -0.15) is 5.10 Å². The Morgan fingerprint density at radius 1 is 1.12 bits per heavy atom. The van der Waals surface area contributed by atoms with Gasteiger partial charge < -0.3 is 5.32 Å². The molecule has 2 aromatic carbocycles. The van der Waals surface area contributed by atoms with Crippen LogP contribution in [0.2, 0.25) is 0 Å². The zero-order valence-electron chi connectivity index (χ0n) is 14.1. The van der Waals surface area contributed by atoms with Crippen LogP contribution in [0.4, 0.5) is 0 Å². The van der Waals surface area contributed by atoms with E-state index in [4.69, 9.17) is 0 Å². The summed E-state index contributed by atoms with van der Waals surface area (Å²) in [5, 5.41) is 10.2. The van der Waals surface area contributed by atoms with E-state index in [0.29, 0.717) is 18.2 Å². The molecule has 5 heteroatoms. The number of rotatable bonds is 5. The number of aryl methyl sites for hydroxylation is 1. The maximum Gasteiger partial charge on any atom is 0.231 e. The molecule has 0 spiro atoms. The fraction of sp³-hybridized carbons (Fsp3) is 0.250. The van der Waals surface area contributed by atoms with E-state index in [0.717, 1.165) is 24.0 Å². The maximum absolute atomic E-state index is 12.6. The van der Waals surface area contributed by atoms with Crippen LogP contribution in [0, 0.1) is 6.92 Å². The molecule has 1 heterocycles. The van der Waals surface area contributed by atoms with Crippen LogP contribution in [-0.4, -0.2) is 21.1 Å². The van der Waals surface area contributed by atoms with Crippen molar-refractivity contribution in [1.82, 2.24) is 20.5 Å². The van der Waals surface area contributed by atoms with E-state index in [1.165, 1.54) is 5.56 Å². The molecule has 126 valence electrons. The largest absolute Gasteiger partial charge is 0.348 e. The third-order valence-corrected chi connectivity index (χ3v) is 4.77. The van der Waals surface area contributed by atoms with Gasteiger partial charge >= 0.3 is 0 Å². The molecule has 25 heavy (non-hydrogen) atoms. The summed E-state index contributed by atoms with van der Waals surface area (Å²) < 4.78 is 0. The van der Waals surface area contributed by atoms with Crippen LogP contribution < -0.4 is 5.32 Å². The average Bonchev–Trinajstić information content (AvgIpc) is 3.33. The number of nitrogens with zero attached hydrogens (tertiary/aromatic N) is 2. The molecule has 2 N–H and O–H groups in total. The number of carbonyl (C=O) groups excluding carboxylic acids is 1. The SMILES string of the molecule is Cc1ccc(-c2n[nH]c(CNC(=O)C3(c4ccccc4)CC3)n2)cc1. The minimum Gasteiger partial charge on any atom is -0.348 e. The van der Waals surface area contributed by atoms with Crippen molar-refractivity contribution >= 4 is 5.91 Å². The van der Waals surface area contributed by atoms with Crippen LogP contribution >= 0.6 is 0 Å². The molecular formula is C20H20N4O. The molecule has 4 rings (SSSR count). The minimum atomic E-state index is -0.360. The van der Waals surface area contributed by atoms with Crippen molar-refractivity contribution < 1.29 is 4.79 Å². The molecule has 0 bridgehead atoms. The first kappa shape index (κ1) is 15.6. The Balaban J connectivity index is 1.42. The highest BCUT2D eigenvalue weighted by Gasteiger charge is 2.50. The van der Waals surface area contributed by atoms with Gasteiger partial charge in [-0.15, -0.1) is 0 Å². The second-order valence-corrected chi connectivity index (χ2v) is 6.60. The van der Waals surface area contributed by atoms with Crippen molar-refractivity contribution in [3.05, 3.63) is 71.5 Å². The van der Waals surface area contributed by atoms with Gasteiger partial charge in [0.25, 0.3) is 0 Å². The highest BCUT2D eigenvalue weighted by atomic mass is 16.2. The summed E-state index contributed by atoms with van der Waals surface area (Å²) in [4.78, 5) is 17.1. The Hall–Kier alpha value is -2.95. The van der Waals surface area contributed by atoms with Gasteiger partial charge in [0.05, 0.1) is 12.0 Å². The van der Waals surface area contributed by atoms with Crippen molar-refractivity contribution in [3.8, 4) is 11.4 Å². The molecule has 1 aliphatic carbocycles. The number of amides is 1. The smallest absolute Gasteiger partial charge is 0.231 e. The highest BCUT2D eigenvalue weighted by molar-refractivity contribution is 5.91. The van der Waals surface area contributed by atoms with Gasteiger partial charge in [-0.1, -0.05) is 60.2 Å². The molecule has 1 amide bonds. The first-order valence-corrected chi connectivity index (χ1v) is 8.49. The van der Waals surface area contributed by atoms with Gasteiger partial charge in [-0.05, 0) is 25.3 Å². The van der Waals surface area contributed by atoms with Crippen LogP contribution in [0.25, 0.3) is 11.4 Å². The predicted octanol–water partition coefficient (Wildman–Crippen LogP) is 3.13. The van der Waals surface area contributed by atoms with Crippen LogP contribution in [0.1, 0.15) is 29.8 Å². The third kappa shape index (κ3) is 3.05. The van der Waals surface area contributed by atoms with Gasteiger partial charge in [0.2, 0.25) is 5.91 Å². The molecule has 5 nitrogen and oxygen atoms in total. The van der Waals surface area contributed by atoms with Crippen molar-refractivity contribution in [2.45, 2.75) is 31.7 Å². The second kappa shape index (κ2) is 6.16. The molecule has 3 aromatic rings. The van der Waals surface area contributed by atoms with E-state index < -0.39 is 0 Å². The minimum absolute atomic E-state index is 0.0620. The molecule has 0 unspecified atom stereocenters. The number of H-pyrrole nitrogens is 1. The van der Waals surface area contributed by atoms with Crippen LogP contribution in [0.3, 0.4) is 0 Å². The first-order chi connectivity index (χ1) is 12.2. The van der Waals surface area contributed by atoms with E-state index in [1.807, 2.05) is 61.5 Å². The number of hydrogen-bond acceptors (Lipinski definition) is 3. The van der Waals surface area contributed by atoms with Crippen LogP contribution in [-0.2, 0) is 16.8 Å². The van der Waals surface area contributed by atoms with Crippen molar-refractivity contribution in [1.29, 1.82) is 0 Å². The molecule has 1 fully saturated rings. The predicted molar refractivity (Wildman–Crippen MR) is 95.8 cm³/mol.